The van der Waals surface area contributed by atoms with Crippen LogP contribution in [0.4, 0.5) is 5.69 Å². The molecule has 0 saturated carbocycles. The van der Waals surface area contributed by atoms with E-state index in [4.69, 9.17) is 27.9 Å². The first-order valence-electron chi connectivity index (χ1n) is 9.48. The molecule has 1 N–H and O–H groups in total. The van der Waals surface area contributed by atoms with Crippen LogP contribution in [0.25, 0.3) is 0 Å². The molecule has 0 saturated heterocycles. The Morgan fingerprint density at radius 3 is 1.91 bits per heavy atom. The van der Waals surface area contributed by atoms with E-state index in [2.05, 4.69) is 10.1 Å². The average molecular weight is 472 g/mol. The molecule has 3 aromatic carbocycles. The Morgan fingerprint density at radius 1 is 0.812 bits per heavy atom. The largest absolute Gasteiger partial charge is 0.462 e. The highest BCUT2D eigenvalue weighted by Gasteiger charge is 2.19. The van der Waals surface area contributed by atoms with E-state index < -0.39 is 11.9 Å². The number of anilines is 1. The second kappa shape index (κ2) is 9.85. The van der Waals surface area contributed by atoms with Crippen molar-refractivity contribution in [2.75, 3.05) is 12.4 Å². The maximum Gasteiger partial charge on any atom is 0.396 e. The summed E-state index contributed by atoms with van der Waals surface area (Å²) < 4.78 is 10.4. The van der Waals surface area contributed by atoms with Crippen molar-refractivity contribution in [3.63, 3.8) is 0 Å². The molecule has 3 aromatic rings. The lowest BCUT2D eigenvalue weighted by Crippen LogP contribution is -2.23. The first kappa shape index (κ1) is 23.3. The molecule has 0 unspecified atom stereocenters. The molecule has 0 fully saturated rings. The van der Waals surface area contributed by atoms with E-state index in [-0.39, 0.29) is 27.3 Å². The van der Waals surface area contributed by atoms with Gasteiger partial charge in [-0.15, -0.1) is 0 Å². The fourth-order valence-electron chi connectivity index (χ4n) is 3.10. The highest BCUT2D eigenvalue weighted by Crippen LogP contribution is 2.41. The fraction of sp³-hybridized carbons (Fsp3) is 0.125. The Labute approximate surface area is 195 Å². The minimum atomic E-state index is -1.05. The van der Waals surface area contributed by atoms with E-state index >= 15 is 0 Å². The van der Waals surface area contributed by atoms with Crippen molar-refractivity contribution in [1.29, 1.82) is 0 Å². The molecular weight excluding hydrogens is 453 g/mol. The standard InChI is InChI=1S/C24H19Cl2NO5/c1-13-9-16(20(28)15-7-5-4-6-8-15)10-14(2)21(13)32-22-18(25)11-17(12-19(22)26)27-23(29)24(30)31-3/h4-12H,1-3H3,(H,27,29). The number of aryl methyl sites for hydroxylation is 2. The van der Waals surface area contributed by atoms with E-state index in [1.54, 1.807) is 24.3 Å². The molecule has 32 heavy (non-hydrogen) atoms. The number of carbonyl (C=O) groups is 3. The molecule has 3 rings (SSSR count). The van der Waals surface area contributed by atoms with Crippen molar-refractivity contribution >= 4 is 46.5 Å². The van der Waals surface area contributed by atoms with Crippen LogP contribution in [0.2, 0.25) is 10.0 Å². The first-order chi connectivity index (χ1) is 15.2. The number of amides is 1. The zero-order chi connectivity index (χ0) is 23.4. The number of ketones is 1. The molecule has 8 heteroatoms. The molecule has 0 spiro atoms. The quantitative estimate of drug-likeness (QED) is 0.291. The van der Waals surface area contributed by atoms with Crippen LogP contribution >= 0.6 is 23.2 Å². The van der Waals surface area contributed by atoms with Gasteiger partial charge in [0, 0.05) is 16.8 Å². The van der Waals surface area contributed by atoms with E-state index in [1.807, 2.05) is 32.0 Å². The van der Waals surface area contributed by atoms with Crippen molar-refractivity contribution in [2.45, 2.75) is 13.8 Å². The van der Waals surface area contributed by atoms with Crippen LogP contribution in [0.5, 0.6) is 11.5 Å². The summed E-state index contributed by atoms with van der Waals surface area (Å²) in [7, 11) is 1.10. The second-order valence-corrected chi connectivity index (χ2v) is 7.77. The first-order valence-corrected chi connectivity index (χ1v) is 10.2. The van der Waals surface area contributed by atoms with Crippen molar-refractivity contribution in [3.05, 3.63) is 86.9 Å². The van der Waals surface area contributed by atoms with Crippen molar-refractivity contribution in [3.8, 4) is 11.5 Å². The fourth-order valence-corrected chi connectivity index (χ4v) is 3.67. The lowest BCUT2D eigenvalue weighted by Gasteiger charge is -2.16. The molecule has 1 amide bonds. The van der Waals surface area contributed by atoms with Gasteiger partial charge in [0.15, 0.2) is 11.5 Å². The summed E-state index contributed by atoms with van der Waals surface area (Å²) in [5, 5.41) is 2.60. The predicted molar refractivity (Wildman–Crippen MR) is 123 cm³/mol. The molecule has 0 bridgehead atoms. The van der Waals surface area contributed by atoms with Gasteiger partial charge < -0.3 is 14.8 Å². The van der Waals surface area contributed by atoms with Gasteiger partial charge >= 0.3 is 11.9 Å². The maximum absolute atomic E-state index is 12.8. The summed E-state index contributed by atoms with van der Waals surface area (Å²) in [6.45, 7) is 3.63. The van der Waals surface area contributed by atoms with Gasteiger partial charge in [-0.25, -0.2) is 4.79 Å². The minimum Gasteiger partial charge on any atom is -0.462 e. The van der Waals surface area contributed by atoms with Crippen LogP contribution in [-0.4, -0.2) is 24.8 Å². The van der Waals surface area contributed by atoms with Gasteiger partial charge in [0.1, 0.15) is 5.75 Å². The summed E-state index contributed by atoms with van der Waals surface area (Å²) in [6, 6.07) is 15.3. The Balaban J connectivity index is 1.88. The Hall–Kier alpha value is -3.35. The number of methoxy groups -OCH3 is 1. The molecule has 6 nitrogen and oxygen atoms in total. The molecule has 0 aliphatic heterocycles. The molecule has 0 heterocycles. The summed E-state index contributed by atoms with van der Waals surface area (Å²) in [4.78, 5) is 35.7. The SMILES string of the molecule is COC(=O)C(=O)Nc1cc(Cl)c(Oc2c(C)cc(C(=O)c3ccccc3)cc2C)c(Cl)c1. The molecule has 164 valence electrons. The van der Waals surface area contributed by atoms with E-state index in [1.165, 1.54) is 12.1 Å². The Kier molecular flexibility index (Phi) is 7.18. The van der Waals surface area contributed by atoms with Crippen LogP contribution in [0.15, 0.2) is 54.6 Å². The number of esters is 1. The third kappa shape index (κ3) is 5.10. The van der Waals surface area contributed by atoms with Crippen LogP contribution in [0.3, 0.4) is 0 Å². The van der Waals surface area contributed by atoms with Gasteiger partial charge in [-0.2, -0.15) is 0 Å². The number of carbonyl (C=O) groups excluding carboxylic acids is 3. The number of hydrogen-bond donors (Lipinski definition) is 1. The monoisotopic (exact) mass is 471 g/mol. The number of nitrogens with one attached hydrogen (secondary N) is 1. The number of rotatable bonds is 5. The molecule has 0 aliphatic rings. The van der Waals surface area contributed by atoms with Crippen LogP contribution in [0, 0.1) is 13.8 Å². The zero-order valence-electron chi connectivity index (χ0n) is 17.5. The van der Waals surface area contributed by atoms with Crippen LogP contribution in [-0.2, 0) is 14.3 Å². The summed E-state index contributed by atoms with van der Waals surface area (Å²) >= 11 is 12.6. The minimum absolute atomic E-state index is 0.0925. The molecule has 0 atom stereocenters. The summed E-state index contributed by atoms with van der Waals surface area (Å²) in [6.07, 6.45) is 0. The summed E-state index contributed by atoms with van der Waals surface area (Å²) in [5.41, 5.74) is 2.78. The Morgan fingerprint density at radius 2 is 1.38 bits per heavy atom. The second-order valence-electron chi connectivity index (χ2n) is 6.95. The zero-order valence-corrected chi connectivity index (χ0v) is 19.0. The van der Waals surface area contributed by atoms with E-state index in [0.29, 0.717) is 16.9 Å². The molecular formula is C24H19Cl2NO5. The highest BCUT2D eigenvalue weighted by atomic mass is 35.5. The predicted octanol–water partition coefficient (Wildman–Crippen LogP) is 5.75. The summed E-state index contributed by atoms with van der Waals surface area (Å²) in [5.74, 6) is -1.42. The highest BCUT2D eigenvalue weighted by molar-refractivity contribution is 6.39. The third-order valence-electron chi connectivity index (χ3n) is 4.59. The number of hydrogen-bond acceptors (Lipinski definition) is 5. The van der Waals surface area contributed by atoms with E-state index in [0.717, 1.165) is 18.2 Å². The van der Waals surface area contributed by atoms with Crippen LogP contribution < -0.4 is 10.1 Å². The number of halogens is 2. The van der Waals surface area contributed by atoms with Crippen molar-refractivity contribution in [1.82, 2.24) is 0 Å². The lowest BCUT2D eigenvalue weighted by molar-refractivity contribution is -0.150. The topological polar surface area (TPSA) is 81.7 Å². The van der Waals surface area contributed by atoms with Gasteiger partial charge in [0.25, 0.3) is 0 Å². The van der Waals surface area contributed by atoms with Crippen LogP contribution in [0.1, 0.15) is 27.0 Å². The molecule has 0 radical (unpaired) electrons. The van der Waals surface area contributed by atoms with Gasteiger partial charge in [-0.3, -0.25) is 9.59 Å². The van der Waals surface area contributed by atoms with E-state index in [9.17, 15) is 14.4 Å². The molecule has 0 aromatic heterocycles. The van der Waals surface area contributed by atoms with Gasteiger partial charge in [0.05, 0.1) is 17.2 Å². The van der Waals surface area contributed by atoms with Crippen molar-refractivity contribution < 1.29 is 23.9 Å². The van der Waals surface area contributed by atoms with Gasteiger partial charge in [-0.1, -0.05) is 53.5 Å². The maximum atomic E-state index is 12.8. The Bertz CT molecular complexity index is 1160. The number of benzene rings is 3. The normalized spacial score (nSPS) is 10.4. The van der Waals surface area contributed by atoms with Crippen molar-refractivity contribution in [2.24, 2.45) is 0 Å². The smallest absolute Gasteiger partial charge is 0.396 e. The third-order valence-corrected chi connectivity index (χ3v) is 5.15. The van der Waals surface area contributed by atoms with Gasteiger partial charge in [0.2, 0.25) is 0 Å². The molecule has 0 aliphatic carbocycles. The van der Waals surface area contributed by atoms with Gasteiger partial charge in [-0.05, 0) is 49.2 Å². The average Bonchev–Trinajstić information content (AvgIpc) is 2.77. The lowest BCUT2D eigenvalue weighted by atomic mass is 9.98. The number of ether oxygens (including phenoxy) is 2.